The molecule has 1 aliphatic heterocycles. The Morgan fingerprint density at radius 3 is 1.40 bits per heavy atom. The number of aliphatic hydroxyl groups is 1. The summed E-state index contributed by atoms with van der Waals surface area (Å²) in [6.45, 7) is 6.46. The van der Waals surface area contributed by atoms with Gasteiger partial charge in [-0.25, -0.2) is 0 Å². The van der Waals surface area contributed by atoms with Crippen molar-refractivity contribution in [1.82, 2.24) is 4.90 Å². The zero-order chi connectivity index (χ0) is 33.9. The Morgan fingerprint density at radius 1 is 0.574 bits per heavy atom. The summed E-state index contributed by atoms with van der Waals surface area (Å²) < 4.78 is 6.87. The first-order valence-electron chi connectivity index (χ1n) is 20.7. The summed E-state index contributed by atoms with van der Waals surface area (Å²) in [6, 6.07) is 0. The molecule has 0 aromatic rings. The van der Waals surface area contributed by atoms with Crippen LogP contribution in [0.3, 0.4) is 0 Å². The van der Waals surface area contributed by atoms with Gasteiger partial charge in [-0.15, -0.1) is 0 Å². The lowest BCUT2D eigenvalue weighted by Crippen LogP contribution is -2.35. The second kappa shape index (κ2) is 33.3. The van der Waals surface area contributed by atoms with Crippen LogP contribution < -0.4 is 0 Å². The highest BCUT2D eigenvalue weighted by molar-refractivity contribution is 4.94. The lowest BCUT2D eigenvalue weighted by Gasteiger charge is -2.31. The molecule has 0 saturated carbocycles. The minimum atomic E-state index is 0.106. The average Bonchev–Trinajstić information content (AvgIpc) is 3.46. The lowest BCUT2D eigenvalue weighted by molar-refractivity contribution is -0.0628. The van der Waals surface area contributed by atoms with Gasteiger partial charge in [0, 0.05) is 13.1 Å². The molecule has 1 aliphatic rings. The highest BCUT2D eigenvalue weighted by atomic mass is 16.5. The summed E-state index contributed by atoms with van der Waals surface area (Å²) in [7, 11) is 2.12. The smallest absolute Gasteiger partial charge is 0.0710 e. The van der Waals surface area contributed by atoms with E-state index in [1.807, 2.05) is 0 Å². The maximum Gasteiger partial charge on any atom is 0.0710 e. The van der Waals surface area contributed by atoms with E-state index < -0.39 is 0 Å². The van der Waals surface area contributed by atoms with E-state index in [0.717, 1.165) is 25.9 Å². The Labute approximate surface area is 294 Å². The number of aliphatic hydroxyl groups excluding tert-OH is 1. The van der Waals surface area contributed by atoms with Gasteiger partial charge in [-0.3, -0.25) is 0 Å². The number of nitrogens with zero attached hydrogens (tertiary/aromatic N) is 1. The van der Waals surface area contributed by atoms with Gasteiger partial charge >= 0.3 is 0 Å². The Balaban J connectivity index is 2.20. The van der Waals surface area contributed by atoms with Gasteiger partial charge in [-0.1, -0.05) is 152 Å². The van der Waals surface area contributed by atoms with Gasteiger partial charge in [0.25, 0.3) is 0 Å². The third-order valence-electron chi connectivity index (χ3n) is 10.0. The molecular weight excluding hydrogens is 574 g/mol. The van der Waals surface area contributed by atoms with Crippen LogP contribution in [0.15, 0.2) is 48.6 Å². The normalized spacial score (nSPS) is 16.8. The Bertz CT molecular complexity index is 721. The Hall–Kier alpha value is -1.16. The fourth-order valence-corrected chi connectivity index (χ4v) is 7.00. The molecule has 0 aromatic carbocycles. The Kier molecular flexibility index (Phi) is 31.1. The van der Waals surface area contributed by atoms with E-state index in [9.17, 15) is 5.11 Å². The standard InChI is InChI=1S/C44H81NO2/c1-4-6-8-10-12-14-16-18-20-22-24-26-28-30-32-34-37-44(39-36-43(47-44)42-45(3)40-41-46)38-35-33-31-29-27-25-23-21-19-17-15-13-11-9-7-5-2/h12-15,18-21,43,46H,4-11,16-17,22-42H2,1-3H3/b14-12-,15-13-,20-18-,21-19-. The van der Waals surface area contributed by atoms with Gasteiger partial charge < -0.3 is 14.7 Å². The van der Waals surface area contributed by atoms with Gasteiger partial charge in [0.15, 0.2) is 0 Å². The molecule has 1 N–H and O–H groups in total. The summed E-state index contributed by atoms with van der Waals surface area (Å²) >= 11 is 0. The zero-order valence-electron chi connectivity index (χ0n) is 31.9. The van der Waals surface area contributed by atoms with Crippen LogP contribution in [0.2, 0.25) is 0 Å². The van der Waals surface area contributed by atoms with E-state index in [0.29, 0.717) is 6.10 Å². The quantitative estimate of drug-likeness (QED) is 0.0553. The van der Waals surface area contributed by atoms with Gasteiger partial charge in [-0.05, 0) is 96.9 Å². The molecule has 0 aromatic heterocycles. The number of ether oxygens (including phenoxy) is 1. The van der Waals surface area contributed by atoms with Crippen molar-refractivity contribution in [2.45, 2.75) is 205 Å². The molecule has 0 bridgehead atoms. The Morgan fingerprint density at radius 2 is 0.979 bits per heavy atom. The molecule has 3 heteroatoms. The summed E-state index contributed by atoms with van der Waals surface area (Å²) in [4.78, 5) is 2.24. The van der Waals surface area contributed by atoms with Crippen molar-refractivity contribution in [1.29, 1.82) is 0 Å². The van der Waals surface area contributed by atoms with Gasteiger partial charge in [0.1, 0.15) is 0 Å². The molecule has 3 nitrogen and oxygen atoms in total. The maximum atomic E-state index is 9.34. The van der Waals surface area contributed by atoms with Crippen LogP contribution in [0.5, 0.6) is 0 Å². The van der Waals surface area contributed by atoms with Crippen molar-refractivity contribution in [2.24, 2.45) is 0 Å². The largest absolute Gasteiger partial charge is 0.395 e. The van der Waals surface area contributed by atoms with Crippen molar-refractivity contribution in [3.05, 3.63) is 48.6 Å². The third kappa shape index (κ3) is 27.4. The number of rotatable bonds is 34. The van der Waals surface area contributed by atoms with Crippen molar-refractivity contribution >= 4 is 0 Å². The summed E-state index contributed by atoms with van der Waals surface area (Å²) in [5.74, 6) is 0. The number of hydrogen-bond donors (Lipinski definition) is 1. The first-order chi connectivity index (χ1) is 23.2. The van der Waals surface area contributed by atoms with Crippen LogP contribution in [-0.4, -0.2) is 48.5 Å². The lowest BCUT2D eigenvalue weighted by atomic mass is 9.87. The van der Waals surface area contributed by atoms with Crippen molar-refractivity contribution < 1.29 is 9.84 Å². The fourth-order valence-electron chi connectivity index (χ4n) is 7.00. The minimum Gasteiger partial charge on any atom is -0.395 e. The molecule has 1 rings (SSSR count). The molecule has 0 radical (unpaired) electrons. The van der Waals surface area contributed by atoms with E-state index in [1.54, 1.807) is 0 Å². The second-order valence-corrected chi connectivity index (χ2v) is 14.6. The van der Waals surface area contributed by atoms with E-state index in [4.69, 9.17) is 4.74 Å². The molecule has 0 amide bonds. The molecule has 0 spiro atoms. The second-order valence-electron chi connectivity index (χ2n) is 14.6. The topological polar surface area (TPSA) is 32.7 Å². The maximum absolute atomic E-state index is 9.34. The van der Waals surface area contributed by atoms with Crippen LogP contribution in [0, 0.1) is 0 Å². The van der Waals surface area contributed by atoms with Gasteiger partial charge in [0.2, 0.25) is 0 Å². The zero-order valence-corrected chi connectivity index (χ0v) is 31.9. The van der Waals surface area contributed by atoms with Crippen LogP contribution in [0.1, 0.15) is 194 Å². The van der Waals surface area contributed by atoms with Crippen molar-refractivity contribution in [3.63, 3.8) is 0 Å². The molecule has 1 unspecified atom stereocenters. The average molecular weight is 656 g/mol. The van der Waals surface area contributed by atoms with E-state index in [-0.39, 0.29) is 12.2 Å². The summed E-state index contributed by atoms with van der Waals surface area (Å²) in [5.41, 5.74) is 0.106. The highest BCUT2D eigenvalue weighted by Crippen LogP contribution is 2.39. The van der Waals surface area contributed by atoms with Crippen molar-refractivity contribution in [3.8, 4) is 0 Å². The van der Waals surface area contributed by atoms with Crippen LogP contribution in [0.25, 0.3) is 0 Å². The minimum absolute atomic E-state index is 0.106. The molecular formula is C44H81NO2. The molecule has 1 saturated heterocycles. The van der Waals surface area contributed by atoms with E-state index >= 15 is 0 Å². The third-order valence-corrected chi connectivity index (χ3v) is 10.0. The predicted molar refractivity (Wildman–Crippen MR) is 209 cm³/mol. The van der Waals surface area contributed by atoms with Crippen molar-refractivity contribution in [2.75, 3.05) is 26.7 Å². The number of unbranched alkanes of at least 4 members (excludes halogenated alkanes) is 18. The monoisotopic (exact) mass is 656 g/mol. The number of likely N-dealkylation sites (N-methyl/N-ethyl adjacent to an activating group) is 1. The molecule has 1 atom stereocenters. The van der Waals surface area contributed by atoms with Gasteiger partial charge in [0.05, 0.1) is 18.3 Å². The number of allylic oxidation sites excluding steroid dienone is 8. The molecule has 1 fully saturated rings. The molecule has 0 aliphatic carbocycles. The first-order valence-corrected chi connectivity index (χ1v) is 20.7. The fraction of sp³-hybridized carbons (Fsp3) is 0.818. The predicted octanol–water partition coefficient (Wildman–Crippen LogP) is 13.2. The summed E-state index contributed by atoms with van der Waals surface area (Å²) in [5, 5.41) is 9.34. The summed E-state index contributed by atoms with van der Waals surface area (Å²) in [6.07, 6.45) is 55.5. The molecule has 274 valence electrons. The van der Waals surface area contributed by atoms with E-state index in [1.165, 1.54) is 167 Å². The van der Waals surface area contributed by atoms with Crippen LogP contribution in [0.4, 0.5) is 0 Å². The van der Waals surface area contributed by atoms with Gasteiger partial charge in [-0.2, -0.15) is 0 Å². The molecule has 1 heterocycles. The SMILES string of the molecule is CCCCC/C=C\C/C=C\CCCCCCCCC1(CCCCCCCC/C=C\C/C=C\CCCCC)CCC(CN(C)CCO)O1. The van der Waals surface area contributed by atoms with Crippen LogP contribution >= 0.6 is 0 Å². The molecule has 47 heavy (non-hydrogen) atoms. The van der Waals surface area contributed by atoms with E-state index in [2.05, 4.69) is 74.4 Å². The number of hydrogen-bond acceptors (Lipinski definition) is 3. The first kappa shape index (κ1) is 43.9. The highest BCUT2D eigenvalue weighted by Gasteiger charge is 2.39. The van der Waals surface area contributed by atoms with Crippen LogP contribution in [-0.2, 0) is 4.74 Å².